The smallest absolute Gasteiger partial charge is 0.243 e. The van der Waals surface area contributed by atoms with Gasteiger partial charge in [0.15, 0.2) is 0 Å². The number of likely N-dealkylation sites (N-methyl/N-ethyl adjacent to an activating group) is 1. The third-order valence-electron chi connectivity index (χ3n) is 3.46. The van der Waals surface area contributed by atoms with E-state index in [0.717, 1.165) is 9.21 Å². The Balaban J connectivity index is 2.06. The maximum atomic E-state index is 12.6. The molecule has 0 radical (unpaired) electrons. The average molecular weight is 303 g/mol. The fourth-order valence-corrected chi connectivity index (χ4v) is 3.32. The van der Waals surface area contributed by atoms with E-state index in [1.165, 1.54) is 11.3 Å². The number of carbonyl (C=O) groups is 1. The van der Waals surface area contributed by atoms with Gasteiger partial charge >= 0.3 is 0 Å². The van der Waals surface area contributed by atoms with Crippen LogP contribution in [-0.2, 0) is 16.1 Å². The van der Waals surface area contributed by atoms with Crippen molar-refractivity contribution in [1.29, 1.82) is 0 Å². The molecule has 0 unspecified atom stereocenters. The van der Waals surface area contributed by atoms with Crippen LogP contribution in [0.3, 0.4) is 0 Å². The van der Waals surface area contributed by atoms with Crippen molar-refractivity contribution in [2.45, 2.75) is 31.8 Å². The van der Waals surface area contributed by atoms with E-state index in [-0.39, 0.29) is 5.91 Å². The zero-order valence-electron chi connectivity index (χ0n) is 11.0. The summed E-state index contributed by atoms with van der Waals surface area (Å²) < 4.78 is 6.03. The SMILES string of the molecule is CCN(Cc1ccc(Cl)s1)C(=O)C1(N)CCOCC1. The van der Waals surface area contributed by atoms with Crippen LogP contribution in [0.4, 0.5) is 0 Å². The summed E-state index contributed by atoms with van der Waals surface area (Å²) in [5.41, 5.74) is 5.48. The molecule has 1 amide bonds. The first-order chi connectivity index (χ1) is 9.05. The van der Waals surface area contributed by atoms with Crippen molar-refractivity contribution >= 4 is 28.8 Å². The molecule has 0 atom stereocenters. The van der Waals surface area contributed by atoms with Gasteiger partial charge < -0.3 is 15.4 Å². The van der Waals surface area contributed by atoms with E-state index in [1.807, 2.05) is 19.1 Å². The first-order valence-corrected chi connectivity index (χ1v) is 7.65. The molecule has 1 aliphatic heterocycles. The molecule has 19 heavy (non-hydrogen) atoms. The zero-order valence-corrected chi connectivity index (χ0v) is 12.6. The molecule has 106 valence electrons. The van der Waals surface area contributed by atoms with Gasteiger partial charge in [-0.3, -0.25) is 4.79 Å². The molecule has 6 heteroatoms. The molecule has 4 nitrogen and oxygen atoms in total. The largest absolute Gasteiger partial charge is 0.381 e. The second kappa shape index (κ2) is 6.22. The second-order valence-corrected chi connectivity index (χ2v) is 6.59. The van der Waals surface area contributed by atoms with Gasteiger partial charge in [0.25, 0.3) is 0 Å². The van der Waals surface area contributed by atoms with Crippen molar-refractivity contribution in [3.63, 3.8) is 0 Å². The van der Waals surface area contributed by atoms with Crippen LogP contribution in [0.25, 0.3) is 0 Å². The van der Waals surface area contributed by atoms with Gasteiger partial charge in [0.05, 0.1) is 16.4 Å². The molecular weight excluding hydrogens is 284 g/mol. The minimum absolute atomic E-state index is 0.0165. The molecule has 0 aromatic carbocycles. The molecule has 1 aliphatic rings. The van der Waals surface area contributed by atoms with Gasteiger partial charge in [0, 0.05) is 24.6 Å². The van der Waals surface area contributed by atoms with E-state index in [0.29, 0.717) is 39.1 Å². The maximum Gasteiger partial charge on any atom is 0.243 e. The Hall–Kier alpha value is -0.620. The normalized spacial score (nSPS) is 18.3. The maximum absolute atomic E-state index is 12.6. The Labute approximate surface area is 122 Å². The molecule has 1 fully saturated rings. The van der Waals surface area contributed by atoms with Crippen LogP contribution < -0.4 is 5.73 Å². The molecule has 0 saturated carbocycles. The summed E-state index contributed by atoms with van der Waals surface area (Å²) in [6, 6.07) is 3.81. The number of thiophene rings is 1. The van der Waals surface area contributed by atoms with Crippen LogP contribution >= 0.6 is 22.9 Å². The number of nitrogens with two attached hydrogens (primary N) is 1. The third-order valence-corrected chi connectivity index (χ3v) is 4.67. The monoisotopic (exact) mass is 302 g/mol. The molecule has 2 N–H and O–H groups in total. The van der Waals surface area contributed by atoms with Crippen molar-refractivity contribution in [2.75, 3.05) is 19.8 Å². The third kappa shape index (κ3) is 3.48. The lowest BCUT2D eigenvalue weighted by Crippen LogP contribution is -2.57. The molecule has 0 aliphatic carbocycles. The van der Waals surface area contributed by atoms with Crippen LogP contribution in [-0.4, -0.2) is 36.1 Å². The van der Waals surface area contributed by atoms with Gasteiger partial charge in [0.2, 0.25) is 5.91 Å². The van der Waals surface area contributed by atoms with Crippen LogP contribution in [0.5, 0.6) is 0 Å². The highest BCUT2D eigenvalue weighted by molar-refractivity contribution is 7.16. The minimum Gasteiger partial charge on any atom is -0.381 e. The number of hydrogen-bond donors (Lipinski definition) is 1. The van der Waals surface area contributed by atoms with Gasteiger partial charge in [-0.25, -0.2) is 0 Å². The fraction of sp³-hybridized carbons (Fsp3) is 0.615. The molecular formula is C13H19ClN2O2S. The Bertz CT molecular complexity index is 444. The zero-order chi connectivity index (χ0) is 13.9. The highest BCUT2D eigenvalue weighted by atomic mass is 35.5. The number of ether oxygens (including phenoxy) is 1. The molecule has 0 spiro atoms. The van der Waals surface area contributed by atoms with Crippen molar-refractivity contribution in [3.05, 3.63) is 21.3 Å². The highest BCUT2D eigenvalue weighted by Crippen LogP contribution is 2.25. The predicted octanol–water partition coefficient (Wildman–Crippen LogP) is 2.26. The number of amides is 1. The quantitative estimate of drug-likeness (QED) is 0.928. The lowest BCUT2D eigenvalue weighted by molar-refractivity contribution is -0.141. The van der Waals surface area contributed by atoms with Crippen LogP contribution in [0, 0.1) is 0 Å². The lowest BCUT2D eigenvalue weighted by Gasteiger charge is -2.36. The molecule has 1 saturated heterocycles. The molecule has 2 heterocycles. The summed E-state index contributed by atoms with van der Waals surface area (Å²) >= 11 is 7.42. The summed E-state index contributed by atoms with van der Waals surface area (Å²) in [5, 5.41) is 0. The Morgan fingerprint density at radius 2 is 2.21 bits per heavy atom. The number of carbonyl (C=O) groups excluding carboxylic acids is 1. The fourth-order valence-electron chi connectivity index (χ4n) is 2.22. The Morgan fingerprint density at radius 3 is 2.74 bits per heavy atom. The number of hydrogen-bond acceptors (Lipinski definition) is 4. The predicted molar refractivity (Wildman–Crippen MR) is 77.4 cm³/mol. The van der Waals surface area contributed by atoms with Gasteiger partial charge in [0.1, 0.15) is 0 Å². The van der Waals surface area contributed by atoms with E-state index < -0.39 is 5.54 Å². The van der Waals surface area contributed by atoms with Gasteiger partial charge in [-0.15, -0.1) is 11.3 Å². The van der Waals surface area contributed by atoms with E-state index in [2.05, 4.69) is 0 Å². The van der Waals surface area contributed by atoms with Gasteiger partial charge in [-0.05, 0) is 31.9 Å². The van der Waals surface area contributed by atoms with Crippen LogP contribution in [0.2, 0.25) is 4.34 Å². The molecule has 0 bridgehead atoms. The average Bonchev–Trinajstić information content (AvgIpc) is 2.81. The van der Waals surface area contributed by atoms with Crippen molar-refractivity contribution < 1.29 is 9.53 Å². The van der Waals surface area contributed by atoms with E-state index in [9.17, 15) is 4.79 Å². The van der Waals surface area contributed by atoms with E-state index in [1.54, 1.807) is 4.90 Å². The van der Waals surface area contributed by atoms with Crippen LogP contribution in [0.15, 0.2) is 12.1 Å². The minimum atomic E-state index is -0.769. The summed E-state index contributed by atoms with van der Waals surface area (Å²) in [6.45, 7) is 4.31. The van der Waals surface area contributed by atoms with Gasteiger partial charge in [-0.2, -0.15) is 0 Å². The number of rotatable bonds is 4. The Morgan fingerprint density at radius 1 is 1.53 bits per heavy atom. The first-order valence-electron chi connectivity index (χ1n) is 6.45. The Kier molecular flexibility index (Phi) is 4.84. The van der Waals surface area contributed by atoms with Crippen molar-refractivity contribution in [1.82, 2.24) is 4.90 Å². The standard InChI is InChI=1S/C13H19ClN2O2S/c1-2-16(9-10-3-4-11(14)19-10)12(17)13(15)5-7-18-8-6-13/h3-4H,2,5-9,15H2,1H3. The van der Waals surface area contributed by atoms with E-state index in [4.69, 9.17) is 22.1 Å². The summed E-state index contributed by atoms with van der Waals surface area (Å²) in [6.07, 6.45) is 1.18. The number of halogens is 1. The van der Waals surface area contributed by atoms with Gasteiger partial charge in [-0.1, -0.05) is 11.6 Å². The van der Waals surface area contributed by atoms with Crippen LogP contribution in [0.1, 0.15) is 24.6 Å². The topological polar surface area (TPSA) is 55.6 Å². The number of nitrogens with zero attached hydrogens (tertiary/aromatic N) is 1. The van der Waals surface area contributed by atoms with Crippen molar-refractivity contribution in [2.24, 2.45) is 5.73 Å². The van der Waals surface area contributed by atoms with E-state index >= 15 is 0 Å². The molecule has 1 aromatic heterocycles. The molecule has 2 rings (SSSR count). The first kappa shape index (κ1) is 14.8. The lowest BCUT2D eigenvalue weighted by atomic mass is 9.89. The summed E-state index contributed by atoms with van der Waals surface area (Å²) in [4.78, 5) is 15.5. The van der Waals surface area contributed by atoms with Crippen molar-refractivity contribution in [3.8, 4) is 0 Å². The summed E-state index contributed by atoms with van der Waals surface area (Å²) in [5.74, 6) is 0.0165. The second-order valence-electron chi connectivity index (χ2n) is 4.79. The molecule has 1 aromatic rings. The summed E-state index contributed by atoms with van der Waals surface area (Å²) in [7, 11) is 0. The highest BCUT2D eigenvalue weighted by Gasteiger charge is 2.38.